The first-order valence-corrected chi connectivity index (χ1v) is 4.41. The number of anilines is 1. The van der Waals surface area contributed by atoms with Crippen LogP contribution < -0.4 is 23.0 Å². The number of hydrazine groups is 2. The van der Waals surface area contributed by atoms with Crippen LogP contribution in [0.5, 0.6) is 0 Å². The van der Waals surface area contributed by atoms with Crippen LogP contribution in [0.25, 0.3) is 10.8 Å². The number of nitrogens with one attached hydrogen (secondary N) is 1. The van der Waals surface area contributed by atoms with Crippen LogP contribution in [-0.2, 0) is 0 Å². The van der Waals surface area contributed by atoms with Crippen LogP contribution in [0.15, 0.2) is 24.3 Å². The summed E-state index contributed by atoms with van der Waals surface area (Å²) >= 11 is 5.84. The van der Waals surface area contributed by atoms with E-state index in [1.165, 1.54) is 0 Å². The van der Waals surface area contributed by atoms with Crippen molar-refractivity contribution in [2.75, 3.05) is 5.43 Å². The van der Waals surface area contributed by atoms with Gasteiger partial charge < -0.3 is 10.9 Å². The number of benzene rings is 1. The van der Waals surface area contributed by atoms with Crippen LogP contribution in [0.4, 0.5) is 5.82 Å². The Morgan fingerprint density at radius 1 is 1.06 bits per heavy atom. The maximum atomic E-state index is 5.84. The molecule has 0 fully saturated rings. The van der Waals surface area contributed by atoms with Crippen LogP contribution in [0, 0.1) is 0 Å². The van der Waals surface area contributed by atoms with Gasteiger partial charge in [-0.2, -0.15) is 0 Å². The van der Waals surface area contributed by atoms with Gasteiger partial charge in [-0.1, -0.05) is 35.9 Å². The van der Waals surface area contributed by atoms with E-state index in [-0.39, 0.29) is 5.48 Å². The minimum Gasteiger partial charge on any atom is -0.412 e. The van der Waals surface area contributed by atoms with Gasteiger partial charge in [0.25, 0.3) is 0 Å². The lowest BCUT2D eigenvalue weighted by atomic mass is 10.2. The average molecular weight is 245 g/mol. The summed E-state index contributed by atoms with van der Waals surface area (Å²) in [6.07, 6.45) is 0. The molecule has 0 saturated carbocycles. The van der Waals surface area contributed by atoms with Crippen molar-refractivity contribution in [2.45, 2.75) is 0 Å². The Balaban J connectivity index is 0.000000711. The summed E-state index contributed by atoms with van der Waals surface area (Å²) in [4.78, 5) is 0. The van der Waals surface area contributed by atoms with Crippen LogP contribution in [0.1, 0.15) is 0 Å². The smallest absolute Gasteiger partial charge is 0.170 e. The first kappa shape index (κ1) is 14.5. The molecule has 9 N–H and O–H groups in total. The molecular formula is C8H13ClN6O. The average Bonchev–Trinajstić information content (AvgIpc) is 2.33. The SMILES string of the molecule is NN.NNc1nnc(Cl)c2ccccc12.O. The highest BCUT2D eigenvalue weighted by Gasteiger charge is 2.04. The molecule has 0 unspecified atom stereocenters. The quantitative estimate of drug-likeness (QED) is 0.395. The molecule has 8 heteroatoms. The number of nitrogens with zero attached hydrogens (tertiary/aromatic N) is 2. The molecule has 0 atom stereocenters. The molecular weight excluding hydrogens is 232 g/mol. The molecule has 2 aromatic rings. The summed E-state index contributed by atoms with van der Waals surface area (Å²) in [5, 5.41) is 9.65. The van der Waals surface area contributed by atoms with E-state index >= 15 is 0 Å². The molecule has 1 aromatic carbocycles. The number of hydrogen-bond acceptors (Lipinski definition) is 6. The fourth-order valence-electron chi connectivity index (χ4n) is 1.18. The van der Waals surface area contributed by atoms with E-state index in [0.29, 0.717) is 11.0 Å². The van der Waals surface area contributed by atoms with Crippen LogP contribution >= 0.6 is 11.6 Å². The standard InChI is InChI=1S/C8H7ClN4.H4N2.H2O/c9-7-5-3-1-2-4-6(5)8(11-10)13-12-7;1-2;/h1-4H,10H2,(H,11,13);1-2H2;1H2. The molecule has 0 aliphatic heterocycles. The van der Waals surface area contributed by atoms with Crippen LogP contribution in [0.2, 0.25) is 5.15 Å². The van der Waals surface area contributed by atoms with Gasteiger partial charge in [0, 0.05) is 10.8 Å². The molecule has 16 heavy (non-hydrogen) atoms. The lowest BCUT2D eigenvalue weighted by Gasteiger charge is -2.03. The number of nitrogen functional groups attached to an aromatic ring is 1. The molecule has 0 bridgehead atoms. The first-order valence-electron chi connectivity index (χ1n) is 4.04. The molecule has 0 spiro atoms. The molecule has 88 valence electrons. The molecule has 1 heterocycles. The van der Waals surface area contributed by atoms with E-state index in [2.05, 4.69) is 27.3 Å². The monoisotopic (exact) mass is 244 g/mol. The second kappa shape index (κ2) is 6.88. The largest absolute Gasteiger partial charge is 0.412 e. The van der Waals surface area contributed by atoms with Gasteiger partial charge in [-0.3, -0.25) is 11.7 Å². The minimum atomic E-state index is 0. The number of fused-ring (bicyclic) bond motifs is 1. The lowest BCUT2D eigenvalue weighted by Crippen LogP contribution is -2.09. The van der Waals surface area contributed by atoms with Crippen molar-refractivity contribution >= 4 is 28.2 Å². The van der Waals surface area contributed by atoms with Crippen molar-refractivity contribution < 1.29 is 5.48 Å². The normalized spacial score (nSPS) is 8.75. The molecule has 0 radical (unpaired) electrons. The second-order valence-corrected chi connectivity index (χ2v) is 2.89. The molecule has 0 amide bonds. The van der Waals surface area contributed by atoms with Gasteiger partial charge >= 0.3 is 0 Å². The Kier molecular flexibility index (Phi) is 6.23. The zero-order chi connectivity index (χ0) is 11.3. The van der Waals surface area contributed by atoms with Gasteiger partial charge in [0.1, 0.15) is 0 Å². The van der Waals surface area contributed by atoms with Crippen molar-refractivity contribution in [1.29, 1.82) is 0 Å². The Labute approximate surface area is 96.8 Å². The highest BCUT2D eigenvalue weighted by Crippen LogP contribution is 2.24. The summed E-state index contributed by atoms with van der Waals surface area (Å²) in [6, 6.07) is 7.52. The van der Waals surface area contributed by atoms with Crippen molar-refractivity contribution in [3.05, 3.63) is 29.4 Å². The molecule has 1 aromatic heterocycles. The summed E-state index contributed by atoms with van der Waals surface area (Å²) in [5.74, 6) is 13.8. The number of rotatable bonds is 1. The number of hydrogen-bond donors (Lipinski definition) is 4. The van der Waals surface area contributed by atoms with Crippen molar-refractivity contribution in [3.8, 4) is 0 Å². The van der Waals surface area contributed by atoms with Crippen molar-refractivity contribution in [3.63, 3.8) is 0 Å². The van der Waals surface area contributed by atoms with E-state index < -0.39 is 0 Å². The summed E-state index contributed by atoms with van der Waals surface area (Å²) < 4.78 is 0. The maximum Gasteiger partial charge on any atom is 0.170 e. The predicted molar refractivity (Wildman–Crippen MR) is 64.3 cm³/mol. The van der Waals surface area contributed by atoms with E-state index in [9.17, 15) is 0 Å². The van der Waals surface area contributed by atoms with Crippen molar-refractivity contribution in [1.82, 2.24) is 10.2 Å². The van der Waals surface area contributed by atoms with Gasteiger partial charge in [0.2, 0.25) is 0 Å². The molecule has 0 saturated heterocycles. The topological polar surface area (TPSA) is 147 Å². The number of aromatic nitrogens is 2. The second-order valence-electron chi connectivity index (χ2n) is 2.53. The summed E-state index contributed by atoms with van der Waals surface area (Å²) in [7, 11) is 0. The van der Waals surface area contributed by atoms with Crippen LogP contribution in [0.3, 0.4) is 0 Å². The number of halogens is 1. The Morgan fingerprint density at radius 3 is 2.19 bits per heavy atom. The minimum absolute atomic E-state index is 0. The van der Waals surface area contributed by atoms with E-state index in [1.807, 2.05) is 24.3 Å². The van der Waals surface area contributed by atoms with Gasteiger partial charge in [-0.05, 0) is 0 Å². The Bertz CT molecular complexity index is 451. The highest BCUT2D eigenvalue weighted by atomic mass is 35.5. The summed E-state index contributed by atoms with van der Waals surface area (Å²) in [5.41, 5.74) is 2.46. The Morgan fingerprint density at radius 2 is 1.62 bits per heavy atom. The van der Waals surface area contributed by atoms with Crippen LogP contribution in [-0.4, -0.2) is 15.7 Å². The van der Waals surface area contributed by atoms with Gasteiger partial charge in [0.05, 0.1) is 0 Å². The fraction of sp³-hybridized carbons (Fsp3) is 0. The molecule has 0 aliphatic rings. The predicted octanol–water partition coefficient (Wildman–Crippen LogP) is -0.437. The first-order chi connectivity index (χ1) is 7.33. The molecule has 0 aliphatic carbocycles. The third-order valence-electron chi connectivity index (χ3n) is 1.78. The number of nitrogens with two attached hydrogens (primary N) is 3. The van der Waals surface area contributed by atoms with E-state index in [0.717, 1.165) is 10.8 Å². The third-order valence-corrected chi connectivity index (χ3v) is 2.06. The zero-order valence-electron chi connectivity index (χ0n) is 8.31. The van der Waals surface area contributed by atoms with Gasteiger partial charge in [0.15, 0.2) is 11.0 Å². The third kappa shape index (κ3) is 2.75. The summed E-state index contributed by atoms with van der Waals surface area (Å²) in [6.45, 7) is 0. The molecule has 7 nitrogen and oxygen atoms in total. The van der Waals surface area contributed by atoms with E-state index in [4.69, 9.17) is 17.4 Å². The zero-order valence-corrected chi connectivity index (χ0v) is 9.07. The lowest BCUT2D eigenvalue weighted by molar-refractivity contribution is 0.824. The molecule has 2 rings (SSSR count). The maximum absolute atomic E-state index is 5.84. The Hall–Kier alpha value is -1.51. The fourth-order valence-corrected chi connectivity index (χ4v) is 1.38. The van der Waals surface area contributed by atoms with Gasteiger partial charge in [-0.25, -0.2) is 5.84 Å². The van der Waals surface area contributed by atoms with Crippen molar-refractivity contribution in [2.24, 2.45) is 17.5 Å². The van der Waals surface area contributed by atoms with Gasteiger partial charge in [-0.15, -0.1) is 10.2 Å². The van der Waals surface area contributed by atoms with E-state index in [1.54, 1.807) is 0 Å². The highest BCUT2D eigenvalue weighted by molar-refractivity contribution is 6.34.